The zero-order chi connectivity index (χ0) is 13.7. The Hall–Kier alpha value is -0.570. The number of rotatable bonds is 6. The standard InChI is InChI=1S/C16H25ClN2/c1-3-19-9-8-15(12-19)11-18-13(2)10-14-4-6-16(17)7-5-14/h4-7,13,15,18H,3,8-12H2,1-2H3. The van der Waals surface area contributed by atoms with Crippen LogP contribution in [0.3, 0.4) is 0 Å². The van der Waals surface area contributed by atoms with E-state index in [-0.39, 0.29) is 0 Å². The van der Waals surface area contributed by atoms with E-state index in [0.29, 0.717) is 6.04 Å². The van der Waals surface area contributed by atoms with Crippen molar-refractivity contribution in [2.45, 2.75) is 32.7 Å². The number of benzene rings is 1. The zero-order valence-corrected chi connectivity index (χ0v) is 12.8. The molecule has 0 radical (unpaired) electrons. The van der Waals surface area contributed by atoms with Crippen molar-refractivity contribution in [3.05, 3.63) is 34.9 Å². The first-order valence-corrected chi connectivity index (χ1v) is 7.75. The average molecular weight is 281 g/mol. The van der Waals surface area contributed by atoms with E-state index in [1.165, 1.54) is 31.6 Å². The molecule has 0 aromatic heterocycles. The number of nitrogens with one attached hydrogen (secondary N) is 1. The van der Waals surface area contributed by atoms with Crippen LogP contribution in [0.15, 0.2) is 24.3 Å². The van der Waals surface area contributed by atoms with E-state index in [4.69, 9.17) is 11.6 Å². The van der Waals surface area contributed by atoms with Crippen LogP contribution in [0.4, 0.5) is 0 Å². The van der Waals surface area contributed by atoms with Crippen LogP contribution in [0.1, 0.15) is 25.8 Å². The van der Waals surface area contributed by atoms with E-state index >= 15 is 0 Å². The van der Waals surface area contributed by atoms with E-state index in [9.17, 15) is 0 Å². The summed E-state index contributed by atoms with van der Waals surface area (Å²) in [5, 5.41) is 4.49. The molecule has 19 heavy (non-hydrogen) atoms. The van der Waals surface area contributed by atoms with Gasteiger partial charge in [0, 0.05) is 17.6 Å². The maximum Gasteiger partial charge on any atom is 0.0406 e. The lowest BCUT2D eigenvalue weighted by Crippen LogP contribution is -2.33. The van der Waals surface area contributed by atoms with Gasteiger partial charge in [-0.05, 0) is 63.0 Å². The summed E-state index contributed by atoms with van der Waals surface area (Å²) in [5.41, 5.74) is 1.35. The van der Waals surface area contributed by atoms with Crippen molar-refractivity contribution in [2.24, 2.45) is 5.92 Å². The summed E-state index contributed by atoms with van der Waals surface area (Å²) >= 11 is 5.90. The van der Waals surface area contributed by atoms with Crippen LogP contribution in [-0.4, -0.2) is 37.1 Å². The normalized spacial score (nSPS) is 21.7. The summed E-state index contributed by atoms with van der Waals surface area (Å²) in [6, 6.07) is 8.71. The van der Waals surface area contributed by atoms with Gasteiger partial charge in [-0.1, -0.05) is 30.7 Å². The van der Waals surface area contributed by atoms with Gasteiger partial charge in [0.25, 0.3) is 0 Å². The van der Waals surface area contributed by atoms with Crippen molar-refractivity contribution < 1.29 is 0 Å². The Morgan fingerprint density at radius 3 is 2.74 bits per heavy atom. The Kier molecular flexibility index (Phi) is 5.68. The SMILES string of the molecule is CCN1CCC(CNC(C)Cc2ccc(Cl)cc2)C1. The number of hydrogen-bond acceptors (Lipinski definition) is 2. The van der Waals surface area contributed by atoms with Crippen LogP contribution in [-0.2, 0) is 6.42 Å². The summed E-state index contributed by atoms with van der Waals surface area (Å²) in [6.07, 6.45) is 2.41. The molecule has 0 saturated carbocycles. The summed E-state index contributed by atoms with van der Waals surface area (Å²) < 4.78 is 0. The van der Waals surface area contributed by atoms with E-state index < -0.39 is 0 Å². The van der Waals surface area contributed by atoms with Gasteiger partial charge in [-0.25, -0.2) is 0 Å². The van der Waals surface area contributed by atoms with Crippen molar-refractivity contribution in [1.29, 1.82) is 0 Å². The van der Waals surface area contributed by atoms with E-state index in [2.05, 4.69) is 36.2 Å². The first-order chi connectivity index (χ1) is 9.17. The van der Waals surface area contributed by atoms with Crippen LogP contribution >= 0.6 is 11.6 Å². The molecule has 2 atom stereocenters. The Bertz CT molecular complexity index is 377. The molecule has 1 fully saturated rings. The third-order valence-corrected chi connectivity index (χ3v) is 4.28. The predicted molar refractivity (Wildman–Crippen MR) is 82.8 cm³/mol. The van der Waals surface area contributed by atoms with Crippen molar-refractivity contribution in [2.75, 3.05) is 26.2 Å². The minimum Gasteiger partial charge on any atom is -0.314 e. The molecule has 1 aliphatic rings. The summed E-state index contributed by atoms with van der Waals surface area (Å²) in [6.45, 7) is 9.38. The highest BCUT2D eigenvalue weighted by Gasteiger charge is 2.21. The minimum atomic E-state index is 0.525. The average Bonchev–Trinajstić information content (AvgIpc) is 2.87. The van der Waals surface area contributed by atoms with Gasteiger partial charge < -0.3 is 10.2 Å². The monoisotopic (exact) mass is 280 g/mol. The summed E-state index contributed by atoms with van der Waals surface area (Å²) in [4.78, 5) is 2.54. The Morgan fingerprint density at radius 1 is 1.37 bits per heavy atom. The van der Waals surface area contributed by atoms with Crippen LogP contribution in [0.25, 0.3) is 0 Å². The Balaban J connectivity index is 1.70. The lowest BCUT2D eigenvalue weighted by molar-refractivity contribution is 0.335. The number of halogens is 1. The summed E-state index contributed by atoms with van der Waals surface area (Å²) in [5.74, 6) is 0.826. The fraction of sp³-hybridized carbons (Fsp3) is 0.625. The molecule has 0 spiro atoms. The molecule has 0 bridgehead atoms. The van der Waals surface area contributed by atoms with Crippen molar-refractivity contribution in [3.63, 3.8) is 0 Å². The first-order valence-electron chi connectivity index (χ1n) is 7.37. The van der Waals surface area contributed by atoms with Gasteiger partial charge in [0.2, 0.25) is 0 Å². The summed E-state index contributed by atoms with van der Waals surface area (Å²) in [7, 11) is 0. The zero-order valence-electron chi connectivity index (χ0n) is 12.0. The van der Waals surface area contributed by atoms with Gasteiger partial charge >= 0.3 is 0 Å². The second-order valence-corrected chi connectivity index (χ2v) is 6.12. The van der Waals surface area contributed by atoms with E-state index in [0.717, 1.165) is 23.9 Å². The maximum atomic E-state index is 5.90. The largest absolute Gasteiger partial charge is 0.314 e. The van der Waals surface area contributed by atoms with Gasteiger partial charge in [-0.2, -0.15) is 0 Å². The van der Waals surface area contributed by atoms with Crippen LogP contribution < -0.4 is 5.32 Å². The van der Waals surface area contributed by atoms with Crippen LogP contribution in [0.2, 0.25) is 5.02 Å². The Morgan fingerprint density at radius 2 is 2.11 bits per heavy atom. The van der Waals surface area contributed by atoms with E-state index in [1.807, 2.05) is 12.1 Å². The molecule has 1 aromatic carbocycles. The molecule has 1 N–H and O–H groups in total. The van der Waals surface area contributed by atoms with Gasteiger partial charge in [-0.3, -0.25) is 0 Å². The topological polar surface area (TPSA) is 15.3 Å². The fourth-order valence-electron chi connectivity index (χ4n) is 2.78. The van der Waals surface area contributed by atoms with Crippen molar-refractivity contribution >= 4 is 11.6 Å². The van der Waals surface area contributed by atoms with E-state index in [1.54, 1.807) is 0 Å². The number of hydrogen-bond donors (Lipinski definition) is 1. The van der Waals surface area contributed by atoms with Gasteiger partial charge in [0.15, 0.2) is 0 Å². The molecule has 2 rings (SSSR count). The molecule has 106 valence electrons. The second kappa shape index (κ2) is 7.28. The number of nitrogens with zero attached hydrogens (tertiary/aromatic N) is 1. The molecular formula is C16H25ClN2. The second-order valence-electron chi connectivity index (χ2n) is 5.69. The quantitative estimate of drug-likeness (QED) is 0.861. The lowest BCUT2D eigenvalue weighted by atomic mass is 10.1. The fourth-order valence-corrected chi connectivity index (χ4v) is 2.91. The lowest BCUT2D eigenvalue weighted by Gasteiger charge is -2.18. The number of likely N-dealkylation sites (tertiary alicyclic amines) is 1. The van der Waals surface area contributed by atoms with Crippen LogP contribution in [0, 0.1) is 5.92 Å². The van der Waals surface area contributed by atoms with Gasteiger partial charge in [-0.15, -0.1) is 0 Å². The minimum absolute atomic E-state index is 0.525. The maximum absolute atomic E-state index is 5.90. The van der Waals surface area contributed by atoms with Gasteiger partial charge in [0.1, 0.15) is 0 Å². The highest BCUT2D eigenvalue weighted by Crippen LogP contribution is 2.15. The smallest absolute Gasteiger partial charge is 0.0406 e. The van der Waals surface area contributed by atoms with Crippen LogP contribution in [0.5, 0.6) is 0 Å². The molecule has 1 heterocycles. The molecule has 2 nitrogen and oxygen atoms in total. The third-order valence-electron chi connectivity index (χ3n) is 4.03. The van der Waals surface area contributed by atoms with Gasteiger partial charge in [0.05, 0.1) is 0 Å². The molecule has 0 aliphatic carbocycles. The van der Waals surface area contributed by atoms with Crippen molar-refractivity contribution in [3.8, 4) is 0 Å². The molecule has 3 heteroatoms. The first kappa shape index (κ1) is 14.8. The highest BCUT2D eigenvalue weighted by molar-refractivity contribution is 6.30. The highest BCUT2D eigenvalue weighted by atomic mass is 35.5. The molecule has 0 amide bonds. The predicted octanol–water partition coefficient (Wildman–Crippen LogP) is 3.20. The van der Waals surface area contributed by atoms with Crippen molar-refractivity contribution in [1.82, 2.24) is 10.2 Å². The molecule has 2 unspecified atom stereocenters. The molecule has 1 aromatic rings. The molecule has 1 saturated heterocycles. The molecule has 1 aliphatic heterocycles. The molecular weight excluding hydrogens is 256 g/mol. The Labute approximate surface area is 122 Å². The third kappa shape index (κ3) is 4.79.